The number of benzene rings is 1. The van der Waals surface area contributed by atoms with Gasteiger partial charge in [-0.1, -0.05) is 17.7 Å². The molecule has 1 heterocycles. The van der Waals surface area contributed by atoms with Crippen LogP contribution in [0, 0.1) is 0 Å². The monoisotopic (exact) mass is 434 g/mol. The van der Waals surface area contributed by atoms with Crippen LogP contribution in [0.4, 0.5) is 5.69 Å². The van der Waals surface area contributed by atoms with Crippen molar-refractivity contribution in [3.8, 4) is 0 Å². The smallest absolute Gasteiger partial charge is 0.307 e. The summed E-state index contributed by atoms with van der Waals surface area (Å²) in [5, 5.41) is 2.72. The van der Waals surface area contributed by atoms with Crippen molar-refractivity contribution in [2.24, 2.45) is 0 Å². The van der Waals surface area contributed by atoms with Gasteiger partial charge < -0.3 is 15.0 Å². The van der Waals surface area contributed by atoms with E-state index >= 15 is 0 Å². The molecule has 0 spiro atoms. The molecule has 0 unspecified atom stereocenters. The molecule has 1 aliphatic heterocycles. The zero-order chi connectivity index (χ0) is 20.4. The minimum absolute atomic E-state index is 0.0853. The van der Waals surface area contributed by atoms with E-state index in [-0.39, 0.29) is 30.9 Å². The molecular formula is C21H23ClN2O4S. The Bertz CT molecular complexity index is 868. The number of hydrogen-bond donors (Lipinski definition) is 1. The van der Waals surface area contributed by atoms with Gasteiger partial charge >= 0.3 is 5.97 Å². The number of nitrogens with zero attached hydrogens (tertiary/aromatic N) is 1. The number of ether oxygens (including phenoxy) is 1. The number of carbonyl (C=O) groups excluding carboxylic acids is 3. The number of halogens is 1. The van der Waals surface area contributed by atoms with Gasteiger partial charge in [0.15, 0.2) is 6.61 Å². The minimum Gasteiger partial charge on any atom is -0.456 e. The third-order valence-corrected chi connectivity index (χ3v) is 6.74. The van der Waals surface area contributed by atoms with Crippen molar-refractivity contribution in [1.29, 1.82) is 0 Å². The van der Waals surface area contributed by atoms with Crippen molar-refractivity contribution in [3.63, 3.8) is 0 Å². The van der Waals surface area contributed by atoms with Crippen LogP contribution in [0.15, 0.2) is 34.9 Å². The third-order valence-electron chi connectivity index (χ3n) is 5.23. The van der Waals surface area contributed by atoms with Gasteiger partial charge in [-0.2, -0.15) is 0 Å². The van der Waals surface area contributed by atoms with Crippen molar-refractivity contribution in [1.82, 2.24) is 4.90 Å². The molecule has 2 aliphatic carbocycles. The molecular weight excluding hydrogens is 412 g/mol. The Morgan fingerprint density at radius 1 is 1.28 bits per heavy atom. The summed E-state index contributed by atoms with van der Waals surface area (Å²) in [6.07, 6.45) is 8.18. The largest absolute Gasteiger partial charge is 0.456 e. The second-order valence-corrected chi connectivity index (χ2v) is 9.22. The molecule has 0 bridgehead atoms. The zero-order valence-electron chi connectivity index (χ0n) is 16.0. The van der Waals surface area contributed by atoms with Crippen LogP contribution in [0.3, 0.4) is 0 Å². The maximum Gasteiger partial charge on any atom is 0.307 e. The molecule has 29 heavy (non-hydrogen) atoms. The molecule has 2 amide bonds. The van der Waals surface area contributed by atoms with Crippen LogP contribution in [-0.4, -0.2) is 40.6 Å². The Balaban J connectivity index is 1.31. The van der Waals surface area contributed by atoms with E-state index in [0.29, 0.717) is 10.7 Å². The Morgan fingerprint density at radius 2 is 2.10 bits per heavy atom. The summed E-state index contributed by atoms with van der Waals surface area (Å²) in [7, 11) is 0. The average Bonchev–Trinajstić information content (AvgIpc) is 3.53. The highest BCUT2D eigenvalue weighted by molar-refractivity contribution is 8.01. The van der Waals surface area contributed by atoms with Gasteiger partial charge in [0.1, 0.15) is 0 Å². The number of amides is 2. The standard InChI is InChI=1S/C21H23ClN2O4S/c22-13-6-9-17-16(10-13)23-21(27)18(29-17)11-20(26)28-12-19(25)24(15-7-8-15)14-4-2-1-3-5-14/h4,6,9-10,15,18H,1-3,5,7-8,11-12H2,(H,23,27)/t18-/m0/s1. The SMILES string of the molecule is O=C(C[C@@H]1Sc2ccc(Cl)cc2NC1=O)OCC(=O)N(C1=CCCCC1)C1CC1. The zero-order valence-corrected chi connectivity index (χ0v) is 17.6. The number of allylic oxidation sites excluding steroid dienone is 2. The molecule has 1 aromatic rings. The van der Waals surface area contributed by atoms with Gasteiger partial charge in [-0.15, -0.1) is 11.8 Å². The van der Waals surface area contributed by atoms with E-state index in [9.17, 15) is 14.4 Å². The maximum absolute atomic E-state index is 12.7. The maximum atomic E-state index is 12.7. The first-order valence-electron chi connectivity index (χ1n) is 9.95. The summed E-state index contributed by atoms with van der Waals surface area (Å²) in [5.74, 6) is -0.980. The number of thioether (sulfide) groups is 1. The van der Waals surface area contributed by atoms with Crippen LogP contribution in [0.1, 0.15) is 44.9 Å². The number of anilines is 1. The molecule has 0 aromatic heterocycles. The van der Waals surface area contributed by atoms with Gasteiger partial charge in [0.05, 0.1) is 17.4 Å². The summed E-state index contributed by atoms with van der Waals surface area (Å²) < 4.78 is 5.24. The van der Waals surface area contributed by atoms with Crippen LogP contribution in [0.2, 0.25) is 5.02 Å². The second kappa shape index (κ2) is 8.79. The van der Waals surface area contributed by atoms with Crippen LogP contribution in [0.25, 0.3) is 0 Å². The van der Waals surface area contributed by atoms with Crippen molar-refractivity contribution < 1.29 is 19.1 Å². The molecule has 1 aromatic carbocycles. The minimum atomic E-state index is -0.591. The summed E-state index contributed by atoms with van der Waals surface area (Å²) in [6, 6.07) is 5.48. The number of hydrogen-bond acceptors (Lipinski definition) is 5. The van der Waals surface area contributed by atoms with Crippen molar-refractivity contribution >= 4 is 46.8 Å². The van der Waals surface area contributed by atoms with E-state index in [4.69, 9.17) is 16.3 Å². The first-order chi connectivity index (χ1) is 14.0. The summed E-state index contributed by atoms with van der Waals surface area (Å²) in [4.78, 5) is 40.0. The van der Waals surface area contributed by atoms with E-state index in [0.717, 1.165) is 49.1 Å². The highest BCUT2D eigenvalue weighted by atomic mass is 35.5. The molecule has 1 saturated carbocycles. The lowest BCUT2D eigenvalue weighted by molar-refractivity contribution is -0.151. The molecule has 4 rings (SSSR count). The topological polar surface area (TPSA) is 75.7 Å². The fourth-order valence-electron chi connectivity index (χ4n) is 3.65. The number of esters is 1. The van der Waals surface area contributed by atoms with E-state index in [2.05, 4.69) is 11.4 Å². The van der Waals surface area contributed by atoms with Gasteiger partial charge in [-0.3, -0.25) is 14.4 Å². The highest BCUT2D eigenvalue weighted by Gasteiger charge is 2.36. The van der Waals surface area contributed by atoms with E-state index in [1.54, 1.807) is 12.1 Å². The molecule has 3 aliphatic rings. The molecule has 0 saturated heterocycles. The normalized spacial score (nSPS) is 20.9. The molecule has 1 N–H and O–H groups in total. The molecule has 1 atom stereocenters. The summed E-state index contributed by atoms with van der Waals surface area (Å²) in [5.41, 5.74) is 1.71. The molecule has 6 nitrogen and oxygen atoms in total. The summed E-state index contributed by atoms with van der Waals surface area (Å²) in [6.45, 7) is -0.280. The first kappa shape index (κ1) is 20.3. The van der Waals surface area contributed by atoms with Gasteiger partial charge in [0.2, 0.25) is 5.91 Å². The summed E-state index contributed by atoms with van der Waals surface area (Å²) >= 11 is 7.25. The lowest BCUT2D eigenvalue weighted by Crippen LogP contribution is -2.37. The van der Waals surface area contributed by atoms with Crippen molar-refractivity contribution in [3.05, 3.63) is 35.0 Å². The van der Waals surface area contributed by atoms with E-state index < -0.39 is 11.2 Å². The highest BCUT2D eigenvalue weighted by Crippen LogP contribution is 2.38. The Morgan fingerprint density at radius 3 is 2.83 bits per heavy atom. The predicted octanol–water partition coefficient (Wildman–Crippen LogP) is 4.14. The third kappa shape index (κ3) is 4.95. The van der Waals surface area contributed by atoms with Crippen LogP contribution in [0.5, 0.6) is 0 Å². The molecule has 1 fully saturated rings. The molecule has 0 radical (unpaired) electrons. The second-order valence-electron chi connectivity index (χ2n) is 7.54. The van der Waals surface area contributed by atoms with Gasteiger partial charge in [-0.25, -0.2) is 0 Å². The van der Waals surface area contributed by atoms with Crippen LogP contribution in [-0.2, 0) is 19.1 Å². The van der Waals surface area contributed by atoms with Gasteiger partial charge in [0.25, 0.3) is 5.91 Å². The molecule has 154 valence electrons. The first-order valence-corrected chi connectivity index (χ1v) is 11.2. The Kier molecular flexibility index (Phi) is 6.15. The van der Waals surface area contributed by atoms with E-state index in [1.807, 2.05) is 11.0 Å². The molecule has 8 heteroatoms. The number of nitrogens with one attached hydrogen (secondary N) is 1. The fraction of sp³-hybridized carbons (Fsp3) is 0.476. The van der Waals surface area contributed by atoms with Gasteiger partial charge in [-0.05, 0) is 56.7 Å². The number of fused-ring (bicyclic) bond motifs is 1. The Hall–Kier alpha value is -1.99. The lowest BCUT2D eigenvalue weighted by Gasteiger charge is -2.28. The fourth-order valence-corrected chi connectivity index (χ4v) is 4.90. The van der Waals surface area contributed by atoms with Crippen LogP contribution >= 0.6 is 23.4 Å². The lowest BCUT2D eigenvalue weighted by atomic mass is 10.0. The van der Waals surface area contributed by atoms with Gasteiger partial charge in [0, 0.05) is 21.7 Å². The van der Waals surface area contributed by atoms with Crippen LogP contribution < -0.4 is 5.32 Å². The number of carbonyl (C=O) groups is 3. The average molecular weight is 435 g/mol. The van der Waals surface area contributed by atoms with Crippen molar-refractivity contribution in [2.45, 2.75) is 61.1 Å². The quantitative estimate of drug-likeness (QED) is 0.681. The number of rotatable bonds is 6. The van der Waals surface area contributed by atoms with Crippen molar-refractivity contribution in [2.75, 3.05) is 11.9 Å². The predicted molar refractivity (Wildman–Crippen MR) is 112 cm³/mol. The van der Waals surface area contributed by atoms with E-state index in [1.165, 1.54) is 11.8 Å². The Labute approximate surface area is 179 Å².